The molecule has 0 bridgehead atoms. The lowest BCUT2D eigenvalue weighted by Crippen LogP contribution is -2.23. The van der Waals surface area contributed by atoms with Gasteiger partial charge in [0.1, 0.15) is 0 Å². The second-order valence-electron chi connectivity index (χ2n) is 7.93. The van der Waals surface area contributed by atoms with Crippen LogP contribution in [0.4, 0.5) is 10.5 Å². The molecule has 6 nitrogen and oxygen atoms in total. The number of fused-ring (bicyclic) bond motifs is 2. The monoisotopic (exact) mass is 413 g/mol. The second kappa shape index (κ2) is 9.13. The second-order valence-corrected chi connectivity index (χ2v) is 8.82. The number of urea groups is 1. The van der Waals surface area contributed by atoms with Gasteiger partial charge in [0.15, 0.2) is 0 Å². The number of hydrogen-bond donors (Lipinski definition) is 3. The van der Waals surface area contributed by atoms with Gasteiger partial charge in [0.25, 0.3) is 0 Å². The molecule has 0 fully saturated rings. The summed E-state index contributed by atoms with van der Waals surface area (Å²) in [5.41, 5.74) is 6.87. The van der Waals surface area contributed by atoms with Crippen molar-refractivity contribution in [1.29, 1.82) is 0 Å². The standard InChI is InChI=1S/C22H29N4O2S/c1-2-23-14-15-6-3-9-18(12-15)25-29(28)26-22(27)24-21-19-10-4-7-16(19)13-17-8-5-11-20(17)21/h3,9,12-13,15,23H,2,4-8,10-11,14H2,1H3,(H2,24,25,26,27,28)/q-1. The van der Waals surface area contributed by atoms with Crippen molar-refractivity contribution in [2.24, 2.45) is 10.3 Å². The molecule has 0 spiro atoms. The van der Waals surface area contributed by atoms with E-state index in [2.05, 4.69) is 38.8 Å². The van der Waals surface area contributed by atoms with Crippen LogP contribution in [0.1, 0.15) is 48.4 Å². The van der Waals surface area contributed by atoms with Crippen molar-refractivity contribution >= 4 is 22.5 Å². The van der Waals surface area contributed by atoms with Gasteiger partial charge in [-0.3, -0.25) is 4.36 Å². The minimum absolute atomic E-state index is 0.350. The van der Waals surface area contributed by atoms with Gasteiger partial charge in [0, 0.05) is 17.9 Å². The van der Waals surface area contributed by atoms with Crippen molar-refractivity contribution in [3.05, 3.63) is 52.2 Å². The maximum absolute atomic E-state index is 12.5. The molecule has 29 heavy (non-hydrogen) atoms. The Morgan fingerprint density at radius 2 is 1.90 bits per heavy atom. The summed E-state index contributed by atoms with van der Waals surface area (Å²) in [7, 11) is -1.82. The zero-order chi connectivity index (χ0) is 20.2. The summed E-state index contributed by atoms with van der Waals surface area (Å²) in [5.74, 6) is 0.350. The van der Waals surface area contributed by atoms with E-state index in [-0.39, 0.29) is 0 Å². The molecule has 7 heteroatoms. The number of amides is 2. The van der Waals surface area contributed by atoms with Gasteiger partial charge in [-0.25, -0.2) is 4.79 Å². The van der Waals surface area contributed by atoms with Crippen molar-refractivity contribution in [3.8, 4) is 0 Å². The topological polar surface area (TPSA) is 82.6 Å². The minimum Gasteiger partial charge on any atom is -0.435 e. The Kier molecular flexibility index (Phi) is 6.35. The highest BCUT2D eigenvalue weighted by atomic mass is 32.2. The molecule has 0 heterocycles. The highest BCUT2D eigenvalue weighted by Crippen LogP contribution is 2.38. The number of benzene rings is 1. The molecule has 0 aliphatic heterocycles. The molecule has 1 aromatic carbocycles. The molecule has 1 aromatic rings. The maximum atomic E-state index is 12.5. The number of hydrogen-bond acceptors (Lipinski definition) is 4. The van der Waals surface area contributed by atoms with Gasteiger partial charge in [-0.1, -0.05) is 35.9 Å². The summed E-state index contributed by atoms with van der Waals surface area (Å²) in [6, 6.07) is 1.78. The van der Waals surface area contributed by atoms with Crippen LogP contribution < -0.4 is 15.4 Å². The first-order valence-corrected chi connectivity index (χ1v) is 11.7. The van der Waals surface area contributed by atoms with Crippen LogP contribution in [0.5, 0.6) is 0 Å². The predicted molar refractivity (Wildman–Crippen MR) is 117 cm³/mol. The molecule has 3 aliphatic carbocycles. The van der Waals surface area contributed by atoms with Gasteiger partial charge in [-0.2, -0.15) is 0 Å². The third kappa shape index (κ3) is 4.73. The Balaban J connectivity index is 1.45. The van der Waals surface area contributed by atoms with E-state index in [0.29, 0.717) is 5.92 Å². The highest BCUT2D eigenvalue weighted by Gasteiger charge is 2.24. The summed E-state index contributed by atoms with van der Waals surface area (Å²) >= 11 is 0. The minimum atomic E-state index is -1.82. The molecule has 156 valence electrons. The fourth-order valence-corrected chi connectivity index (χ4v) is 5.16. The van der Waals surface area contributed by atoms with Crippen molar-refractivity contribution < 1.29 is 9.00 Å². The Bertz CT molecular complexity index is 912. The van der Waals surface area contributed by atoms with E-state index in [0.717, 1.165) is 69.4 Å². The molecule has 0 aromatic heterocycles. The van der Waals surface area contributed by atoms with Crippen LogP contribution in [-0.4, -0.2) is 19.1 Å². The fourth-order valence-electron chi connectivity index (χ4n) is 4.58. The Labute approximate surface area is 174 Å². The molecule has 4 rings (SSSR count). The first-order chi connectivity index (χ1) is 14.1. The summed E-state index contributed by atoms with van der Waals surface area (Å²) in [5, 5.41) is 6.28. The molecule has 3 N–H and O–H groups in total. The number of allylic oxidation sites excluding steroid dienone is 2. The summed E-state index contributed by atoms with van der Waals surface area (Å²) in [4.78, 5) is 12.5. The number of anilines is 1. The van der Waals surface area contributed by atoms with Crippen LogP contribution in [0.3, 0.4) is 0 Å². The fraction of sp³-hybridized carbons (Fsp3) is 0.500. The Morgan fingerprint density at radius 3 is 2.59 bits per heavy atom. The number of aryl methyl sites for hydroxylation is 2. The lowest BCUT2D eigenvalue weighted by molar-refractivity contribution is 0.260. The molecule has 1 unspecified atom stereocenters. The number of carbonyl (C=O) groups excluding carboxylic acids is 1. The summed E-state index contributed by atoms with van der Waals surface area (Å²) < 4.78 is 19.0. The molecule has 0 saturated carbocycles. The van der Waals surface area contributed by atoms with Crippen molar-refractivity contribution in [2.45, 2.75) is 51.9 Å². The molecular formula is C22H29N4O2S-. The van der Waals surface area contributed by atoms with E-state index in [1.807, 2.05) is 12.2 Å². The van der Waals surface area contributed by atoms with Crippen LogP contribution in [0.15, 0.2) is 34.4 Å². The Hall–Kier alpha value is -2.12. The SMILES string of the molecule is CCNCC1C=C(N[S-](=O)=NC(=O)Nc2c3c(cc4c2CCC4)CCC3)C=CC1. The van der Waals surface area contributed by atoms with Crippen LogP contribution in [-0.2, 0) is 40.7 Å². The zero-order valence-electron chi connectivity index (χ0n) is 16.9. The number of nitrogens with zero attached hydrogens (tertiary/aromatic N) is 1. The normalized spacial score (nSPS) is 20.9. The van der Waals surface area contributed by atoms with Gasteiger partial charge in [0.05, 0.1) is 0 Å². The molecule has 2 amide bonds. The lowest BCUT2D eigenvalue weighted by atomic mass is 9.99. The van der Waals surface area contributed by atoms with E-state index in [9.17, 15) is 9.00 Å². The van der Waals surface area contributed by atoms with Crippen LogP contribution in [0, 0.1) is 5.92 Å². The number of nitrogens with one attached hydrogen (secondary N) is 3. The smallest absolute Gasteiger partial charge is 0.323 e. The van der Waals surface area contributed by atoms with Crippen LogP contribution >= 0.6 is 0 Å². The van der Waals surface area contributed by atoms with E-state index < -0.39 is 16.8 Å². The largest absolute Gasteiger partial charge is 0.435 e. The van der Waals surface area contributed by atoms with Crippen molar-refractivity contribution in [3.63, 3.8) is 0 Å². The van der Waals surface area contributed by atoms with Crippen LogP contribution in [0.25, 0.3) is 0 Å². The first kappa shape index (κ1) is 20.2. The third-order valence-electron chi connectivity index (χ3n) is 5.88. The van der Waals surface area contributed by atoms with Gasteiger partial charge >= 0.3 is 6.03 Å². The van der Waals surface area contributed by atoms with E-state index in [1.54, 1.807) is 0 Å². The molecule has 0 saturated heterocycles. The first-order valence-electron chi connectivity index (χ1n) is 10.6. The summed E-state index contributed by atoms with van der Waals surface area (Å²) in [6.45, 7) is 3.87. The molecule has 0 radical (unpaired) electrons. The molecular weight excluding hydrogens is 384 g/mol. The number of rotatable bonds is 6. The van der Waals surface area contributed by atoms with Gasteiger partial charge in [0.2, 0.25) is 0 Å². The van der Waals surface area contributed by atoms with E-state index in [4.69, 9.17) is 0 Å². The predicted octanol–water partition coefficient (Wildman–Crippen LogP) is 3.92. The highest BCUT2D eigenvalue weighted by molar-refractivity contribution is 7.73. The maximum Gasteiger partial charge on any atom is 0.323 e. The van der Waals surface area contributed by atoms with Gasteiger partial charge < -0.3 is 19.6 Å². The average Bonchev–Trinajstić information content (AvgIpc) is 3.35. The molecule has 1 atom stereocenters. The van der Waals surface area contributed by atoms with Crippen molar-refractivity contribution in [1.82, 2.24) is 10.0 Å². The van der Waals surface area contributed by atoms with Gasteiger partial charge in [-0.15, -0.1) is 0 Å². The zero-order valence-corrected chi connectivity index (χ0v) is 17.7. The summed E-state index contributed by atoms with van der Waals surface area (Å²) in [6.07, 6.45) is 13.3. The molecule has 3 aliphatic rings. The quantitative estimate of drug-likeness (QED) is 0.618. The Morgan fingerprint density at radius 1 is 1.17 bits per heavy atom. The van der Waals surface area contributed by atoms with Gasteiger partial charge in [-0.05, 0) is 85.7 Å². The lowest BCUT2D eigenvalue weighted by Gasteiger charge is -2.20. The van der Waals surface area contributed by atoms with E-state index >= 15 is 0 Å². The average molecular weight is 414 g/mol. The van der Waals surface area contributed by atoms with Crippen molar-refractivity contribution in [2.75, 3.05) is 18.4 Å². The van der Waals surface area contributed by atoms with Crippen LogP contribution in [0.2, 0.25) is 0 Å². The third-order valence-corrected chi connectivity index (χ3v) is 6.63. The number of carbonyl (C=O) groups is 1. The van der Waals surface area contributed by atoms with E-state index in [1.165, 1.54) is 22.3 Å².